The Kier molecular flexibility index (Phi) is 2.71. The van der Waals surface area contributed by atoms with Crippen molar-refractivity contribution in [1.29, 1.82) is 0 Å². The topological polar surface area (TPSA) is 29.9 Å². The van der Waals surface area contributed by atoms with Gasteiger partial charge in [-0.2, -0.15) is 0 Å². The molecule has 4 saturated carbocycles. The molecular formula is C18H29N3. The Hall–Kier alpha value is -0.830. The summed E-state index contributed by atoms with van der Waals surface area (Å²) in [5.41, 5.74) is 1.54. The molecule has 3 nitrogen and oxygen atoms in total. The van der Waals surface area contributed by atoms with Crippen molar-refractivity contribution in [3.63, 3.8) is 0 Å². The number of nitrogens with one attached hydrogen (secondary N) is 1. The zero-order chi connectivity index (χ0) is 14.9. The van der Waals surface area contributed by atoms with E-state index in [-0.39, 0.29) is 0 Å². The lowest BCUT2D eigenvalue weighted by Crippen LogP contribution is -2.58. The third-order valence-electron chi connectivity index (χ3n) is 6.69. The third-order valence-corrected chi connectivity index (χ3v) is 6.69. The Labute approximate surface area is 128 Å². The molecule has 0 radical (unpaired) electrons. The van der Waals surface area contributed by atoms with Gasteiger partial charge in [-0.05, 0) is 67.7 Å². The lowest BCUT2D eigenvalue weighted by molar-refractivity contribution is -0.159. The van der Waals surface area contributed by atoms with Gasteiger partial charge in [0.25, 0.3) is 0 Å². The van der Waals surface area contributed by atoms with Gasteiger partial charge in [0.2, 0.25) is 0 Å². The number of hydrogen-bond donors (Lipinski definition) is 1. The Morgan fingerprint density at radius 3 is 2.33 bits per heavy atom. The molecule has 4 bridgehead atoms. The lowest BCUT2D eigenvalue weighted by atomic mass is 9.39. The van der Waals surface area contributed by atoms with Crippen molar-refractivity contribution in [2.75, 3.05) is 7.05 Å². The number of rotatable bonds is 3. The van der Waals surface area contributed by atoms with Crippen molar-refractivity contribution in [3.05, 3.63) is 18.2 Å². The standard InChI is InChI=1S/C18H29N3/c1-16-7-13-8-17(2,10-16)12-18(9-13,11-16)14(19-3)15-20-5-6-21(15)4/h5-6,13-14,19H,7-12H2,1-4H3. The molecule has 1 heterocycles. The zero-order valence-electron chi connectivity index (χ0n) is 13.9. The molecule has 3 unspecified atom stereocenters. The van der Waals surface area contributed by atoms with E-state index in [4.69, 9.17) is 4.98 Å². The van der Waals surface area contributed by atoms with Gasteiger partial charge in [0.1, 0.15) is 5.82 Å². The average Bonchev–Trinajstić information content (AvgIpc) is 2.71. The summed E-state index contributed by atoms with van der Waals surface area (Å²) >= 11 is 0. The summed E-state index contributed by atoms with van der Waals surface area (Å²) in [7, 11) is 4.26. The number of aryl methyl sites for hydroxylation is 1. The SMILES string of the molecule is CNC(c1nccn1C)C12CC3CC(C)(CC(C)(C3)C1)C2. The first kappa shape index (κ1) is 13.8. The molecule has 0 aromatic carbocycles. The van der Waals surface area contributed by atoms with Crippen LogP contribution in [0.15, 0.2) is 12.4 Å². The number of hydrogen-bond acceptors (Lipinski definition) is 2. The predicted molar refractivity (Wildman–Crippen MR) is 84.8 cm³/mol. The Morgan fingerprint density at radius 2 is 1.86 bits per heavy atom. The fourth-order valence-electron chi connectivity index (χ4n) is 7.22. The largest absolute Gasteiger partial charge is 0.337 e. The first-order valence-corrected chi connectivity index (χ1v) is 8.52. The van der Waals surface area contributed by atoms with E-state index in [1.807, 2.05) is 6.20 Å². The Bertz CT molecular complexity index is 543. The first-order chi connectivity index (χ1) is 9.87. The van der Waals surface area contributed by atoms with E-state index in [0.29, 0.717) is 22.3 Å². The summed E-state index contributed by atoms with van der Waals surface area (Å²) in [5.74, 6) is 2.17. The summed E-state index contributed by atoms with van der Waals surface area (Å²) < 4.78 is 2.21. The van der Waals surface area contributed by atoms with Crippen molar-refractivity contribution < 1.29 is 0 Å². The molecule has 3 atom stereocenters. The molecule has 4 fully saturated rings. The van der Waals surface area contributed by atoms with E-state index in [0.717, 1.165) is 5.92 Å². The van der Waals surface area contributed by atoms with Gasteiger partial charge in [-0.25, -0.2) is 4.98 Å². The van der Waals surface area contributed by atoms with E-state index in [1.165, 1.54) is 44.3 Å². The van der Waals surface area contributed by atoms with Crippen LogP contribution in [-0.4, -0.2) is 16.6 Å². The molecule has 0 amide bonds. The lowest BCUT2D eigenvalue weighted by Gasteiger charge is -2.67. The molecular weight excluding hydrogens is 258 g/mol. The average molecular weight is 287 g/mol. The second-order valence-electron chi connectivity index (χ2n) is 9.11. The molecule has 4 aliphatic rings. The predicted octanol–water partition coefficient (Wildman–Crippen LogP) is 3.68. The second kappa shape index (κ2) is 4.13. The maximum absolute atomic E-state index is 4.69. The molecule has 5 rings (SSSR count). The van der Waals surface area contributed by atoms with Crippen LogP contribution in [0.4, 0.5) is 0 Å². The Balaban J connectivity index is 1.78. The number of nitrogens with zero attached hydrogens (tertiary/aromatic N) is 2. The smallest absolute Gasteiger partial charge is 0.126 e. The summed E-state index contributed by atoms with van der Waals surface area (Å²) in [4.78, 5) is 4.69. The molecule has 116 valence electrons. The maximum Gasteiger partial charge on any atom is 0.126 e. The van der Waals surface area contributed by atoms with Crippen molar-refractivity contribution >= 4 is 0 Å². The molecule has 4 aliphatic carbocycles. The summed E-state index contributed by atoms with van der Waals surface area (Å²) in [6.07, 6.45) is 12.6. The van der Waals surface area contributed by atoms with E-state index < -0.39 is 0 Å². The van der Waals surface area contributed by atoms with Crippen LogP contribution in [0.5, 0.6) is 0 Å². The number of aromatic nitrogens is 2. The third kappa shape index (κ3) is 1.93. The van der Waals surface area contributed by atoms with Gasteiger partial charge in [0.15, 0.2) is 0 Å². The molecule has 0 saturated heterocycles. The van der Waals surface area contributed by atoms with Crippen LogP contribution in [0.1, 0.15) is 64.2 Å². The van der Waals surface area contributed by atoms with Crippen molar-refractivity contribution in [2.24, 2.45) is 29.2 Å². The molecule has 1 aromatic rings. The van der Waals surface area contributed by atoms with E-state index >= 15 is 0 Å². The second-order valence-corrected chi connectivity index (χ2v) is 9.11. The minimum absolute atomic E-state index is 0.402. The van der Waals surface area contributed by atoms with E-state index in [1.54, 1.807) is 0 Å². The highest BCUT2D eigenvalue weighted by molar-refractivity contribution is 5.17. The van der Waals surface area contributed by atoms with Crippen LogP contribution in [0.25, 0.3) is 0 Å². The zero-order valence-corrected chi connectivity index (χ0v) is 13.9. The van der Waals surface area contributed by atoms with Crippen LogP contribution in [0.3, 0.4) is 0 Å². The highest BCUT2D eigenvalue weighted by Gasteiger charge is 2.62. The molecule has 3 heteroatoms. The summed E-state index contributed by atoms with van der Waals surface area (Å²) in [6.45, 7) is 5.10. The van der Waals surface area contributed by atoms with E-state index in [2.05, 4.69) is 44.0 Å². The fourth-order valence-corrected chi connectivity index (χ4v) is 7.22. The van der Waals surface area contributed by atoms with Crippen LogP contribution in [0.2, 0.25) is 0 Å². The van der Waals surface area contributed by atoms with Gasteiger partial charge >= 0.3 is 0 Å². The monoisotopic (exact) mass is 287 g/mol. The highest BCUT2D eigenvalue weighted by atomic mass is 15.1. The normalized spacial score (nSPS) is 46.0. The summed E-state index contributed by atoms with van der Waals surface area (Å²) in [5, 5.41) is 3.65. The first-order valence-electron chi connectivity index (χ1n) is 8.52. The maximum atomic E-state index is 4.69. The van der Waals surface area contributed by atoms with Gasteiger partial charge in [0.05, 0.1) is 6.04 Å². The minimum Gasteiger partial charge on any atom is -0.337 e. The van der Waals surface area contributed by atoms with Crippen LogP contribution < -0.4 is 5.32 Å². The highest BCUT2D eigenvalue weighted by Crippen LogP contribution is 2.72. The Morgan fingerprint density at radius 1 is 1.19 bits per heavy atom. The number of imidazole rings is 1. The summed E-state index contributed by atoms with van der Waals surface area (Å²) in [6, 6.07) is 0.402. The van der Waals surface area contributed by atoms with Crippen LogP contribution >= 0.6 is 0 Å². The van der Waals surface area contributed by atoms with E-state index in [9.17, 15) is 0 Å². The van der Waals surface area contributed by atoms with Crippen molar-refractivity contribution in [3.8, 4) is 0 Å². The van der Waals surface area contributed by atoms with Gasteiger partial charge in [-0.1, -0.05) is 13.8 Å². The van der Waals surface area contributed by atoms with Crippen molar-refractivity contribution in [1.82, 2.24) is 14.9 Å². The van der Waals surface area contributed by atoms with Gasteiger partial charge in [-0.15, -0.1) is 0 Å². The fraction of sp³-hybridized carbons (Fsp3) is 0.833. The van der Waals surface area contributed by atoms with Crippen LogP contribution in [-0.2, 0) is 7.05 Å². The molecule has 0 spiro atoms. The minimum atomic E-state index is 0.402. The molecule has 21 heavy (non-hydrogen) atoms. The van der Waals surface area contributed by atoms with Crippen molar-refractivity contribution in [2.45, 2.75) is 58.4 Å². The molecule has 1 aromatic heterocycles. The van der Waals surface area contributed by atoms with Gasteiger partial charge in [0, 0.05) is 19.4 Å². The quantitative estimate of drug-likeness (QED) is 0.919. The molecule has 0 aliphatic heterocycles. The van der Waals surface area contributed by atoms with Gasteiger partial charge in [-0.3, -0.25) is 0 Å². The van der Waals surface area contributed by atoms with Crippen LogP contribution in [0, 0.1) is 22.2 Å². The molecule has 1 N–H and O–H groups in total. The van der Waals surface area contributed by atoms with Gasteiger partial charge < -0.3 is 9.88 Å².